The SMILES string of the molecule is CC(=O)c1ccc(N(C(=O)Cc2cccs2)[C@@H](C(=O)NC2CCCCC2)c2ccc(C)cc2)cc1. The van der Waals surface area contributed by atoms with E-state index in [0.29, 0.717) is 11.3 Å². The van der Waals surface area contributed by atoms with Crippen LogP contribution in [0.1, 0.15) is 71.4 Å². The first-order chi connectivity index (χ1) is 16.9. The van der Waals surface area contributed by atoms with Crippen LogP contribution in [0.4, 0.5) is 5.69 Å². The van der Waals surface area contributed by atoms with Crippen LogP contribution in [-0.4, -0.2) is 23.6 Å². The standard InChI is InChI=1S/C29H32N2O3S/c1-20-10-12-23(13-11-20)28(29(34)30-24-7-4-3-5-8-24)31(27(33)19-26-9-6-18-35-26)25-16-14-22(15-17-25)21(2)32/h6,9-18,24,28H,3-5,7-8,19H2,1-2H3,(H,30,34)/t28-/m1/s1. The van der Waals surface area contributed by atoms with Crippen molar-refractivity contribution in [3.8, 4) is 0 Å². The van der Waals surface area contributed by atoms with Crippen molar-refractivity contribution in [2.24, 2.45) is 0 Å². The van der Waals surface area contributed by atoms with Gasteiger partial charge in [0, 0.05) is 22.2 Å². The largest absolute Gasteiger partial charge is 0.351 e. The summed E-state index contributed by atoms with van der Waals surface area (Å²) in [6.07, 6.45) is 5.53. The second-order valence-corrected chi connectivity index (χ2v) is 10.3. The van der Waals surface area contributed by atoms with Crippen LogP contribution in [0.3, 0.4) is 0 Å². The minimum atomic E-state index is -0.812. The third-order valence-electron chi connectivity index (χ3n) is 6.58. The van der Waals surface area contributed by atoms with Crippen molar-refractivity contribution in [3.63, 3.8) is 0 Å². The predicted molar refractivity (Wildman–Crippen MR) is 141 cm³/mol. The van der Waals surface area contributed by atoms with Gasteiger partial charge in [-0.05, 0) is 68.0 Å². The van der Waals surface area contributed by atoms with Crippen LogP contribution in [0, 0.1) is 6.92 Å². The van der Waals surface area contributed by atoms with Crippen molar-refractivity contribution in [3.05, 3.63) is 87.6 Å². The number of carbonyl (C=O) groups is 3. The first kappa shape index (κ1) is 24.9. The number of anilines is 1. The molecule has 2 aromatic carbocycles. The summed E-state index contributed by atoms with van der Waals surface area (Å²) < 4.78 is 0. The minimum Gasteiger partial charge on any atom is -0.351 e. The lowest BCUT2D eigenvalue weighted by Crippen LogP contribution is -2.47. The third kappa shape index (κ3) is 6.25. The van der Waals surface area contributed by atoms with Crippen molar-refractivity contribution >= 4 is 34.6 Å². The van der Waals surface area contributed by atoms with E-state index in [2.05, 4.69) is 5.32 Å². The molecule has 6 heteroatoms. The summed E-state index contributed by atoms with van der Waals surface area (Å²) in [4.78, 5) is 42.0. The highest BCUT2D eigenvalue weighted by Gasteiger charge is 2.34. The zero-order chi connectivity index (χ0) is 24.8. The van der Waals surface area contributed by atoms with Crippen LogP contribution in [0.25, 0.3) is 0 Å². The van der Waals surface area contributed by atoms with Gasteiger partial charge in [-0.2, -0.15) is 0 Å². The molecule has 1 saturated carbocycles. The zero-order valence-corrected chi connectivity index (χ0v) is 21.1. The number of rotatable bonds is 8. The lowest BCUT2D eigenvalue weighted by molar-refractivity contribution is -0.127. The molecule has 182 valence electrons. The lowest BCUT2D eigenvalue weighted by atomic mass is 9.94. The number of amides is 2. The monoisotopic (exact) mass is 488 g/mol. The van der Waals surface area contributed by atoms with Gasteiger partial charge in [0.2, 0.25) is 11.8 Å². The number of hydrogen-bond donors (Lipinski definition) is 1. The van der Waals surface area contributed by atoms with Gasteiger partial charge < -0.3 is 5.32 Å². The van der Waals surface area contributed by atoms with Crippen LogP contribution in [-0.2, 0) is 16.0 Å². The smallest absolute Gasteiger partial charge is 0.248 e. The molecule has 0 radical (unpaired) electrons. The normalized spacial score (nSPS) is 14.8. The summed E-state index contributed by atoms with van der Waals surface area (Å²) in [5, 5.41) is 5.19. The first-order valence-electron chi connectivity index (χ1n) is 12.2. The van der Waals surface area contributed by atoms with E-state index in [9.17, 15) is 14.4 Å². The Labute approximate surface area is 211 Å². The average molecular weight is 489 g/mol. The minimum absolute atomic E-state index is 0.0434. The van der Waals surface area contributed by atoms with E-state index in [1.165, 1.54) is 24.7 Å². The topological polar surface area (TPSA) is 66.5 Å². The summed E-state index contributed by atoms with van der Waals surface area (Å²) in [6, 6.07) is 17.9. The number of benzene rings is 2. The Hall–Kier alpha value is -3.25. The Balaban J connectivity index is 1.75. The highest BCUT2D eigenvalue weighted by atomic mass is 32.1. The van der Waals surface area contributed by atoms with Gasteiger partial charge in [0.05, 0.1) is 6.42 Å². The van der Waals surface area contributed by atoms with E-state index in [1.54, 1.807) is 29.2 Å². The Kier molecular flexibility index (Phi) is 8.13. The fourth-order valence-corrected chi connectivity index (χ4v) is 5.33. The van der Waals surface area contributed by atoms with E-state index in [4.69, 9.17) is 0 Å². The number of nitrogens with zero attached hydrogens (tertiary/aromatic N) is 1. The van der Waals surface area contributed by atoms with Crippen molar-refractivity contribution < 1.29 is 14.4 Å². The molecule has 1 atom stereocenters. The fraction of sp³-hybridized carbons (Fsp3) is 0.345. The van der Waals surface area contributed by atoms with Gasteiger partial charge >= 0.3 is 0 Å². The number of nitrogens with one attached hydrogen (secondary N) is 1. The number of hydrogen-bond acceptors (Lipinski definition) is 4. The van der Waals surface area contributed by atoms with Crippen LogP contribution >= 0.6 is 11.3 Å². The molecule has 5 nitrogen and oxygen atoms in total. The molecule has 1 fully saturated rings. The van der Waals surface area contributed by atoms with Crippen LogP contribution < -0.4 is 10.2 Å². The fourth-order valence-electron chi connectivity index (χ4n) is 4.63. The lowest BCUT2D eigenvalue weighted by Gasteiger charge is -2.33. The molecule has 1 N–H and O–H groups in total. The number of thiophene rings is 1. The molecule has 1 heterocycles. The van der Waals surface area contributed by atoms with E-state index < -0.39 is 6.04 Å². The molecule has 0 saturated heterocycles. The number of Topliss-reactive ketones (excluding diaryl/α,β-unsaturated/α-hetero) is 1. The van der Waals surface area contributed by atoms with Crippen LogP contribution in [0.2, 0.25) is 0 Å². The molecule has 1 aromatic heterocycles. The second-order valence-electron chi connectivity index (χ2n) is 9.28. The van der Waals surface area contributed by atoms with Gasteiger partial charge in [0.25, 0.3) is 0 Å². The molecule has 35 heavy (non-hydrogen) atoms. The average Bonchev–Trinajstić information content (AvgIpc) is 3.37. The van der Waals surface area contributed by atoms with Gasteiger partial charge in [-0.3, -0.25) is 19.3 Å². The van der Waals surface area contributed by atoms with E-state index in [0.717, 1.165) is 41.7 Å². The zero-order valence-electron chi connectivity index (χ0n) is 20.3. The highest BCUT2D eigenvalue weighted by Crippen LogP contribution is 2.31. The van der Waals surface area contributed by atoms with E-state index in [1.807, 2.05) is 48.7 Å². The van der Waals surface area contributed by atoms with Crippen LogP contribution in [0.5, 0.6) is 0 Å². The van der Waals surface area contributed by atoms with Crippen molar-refractivity contribution in [2.45, 2.75) is 64.5 Å². The number of aryl methyl sites for hydroxylation is 1. The maximum Gasteiger partial charge on any atom is 0.248 e. The first-order valence-corrected chi connectivity index (χ1v) is 13.1. The number of ketones is 1. The summed E-state index contributed by atoms with van der Waals surface area (Å²) in [6.45, 7) is 3.52. The van der Waals surface area contributed by atoms with Gasteiger partial charge in [0.1, 0.15) is 6.04 Å². The molecule has 0 unspecified atom stereocenters. The predicted octanol–water partition coefficient (Wildman–Crippen LogP) is 6.03. The van der Waals surface area contributed by atoms with E-state index >= 15 is 0 Å². The number of carbonyl (C=O) groups excluding carboxylic acids is 3. The summed E-state index contributed by atoms with van der Waals surface area (Å²) >= 11 is 1.52. The third-order valence-corrected chi connectivity index (χ3v) is 7.45. The molecular weight excluding hydrogens is 456 g/mol. The van der Waals surface area contributed by atoms with Gasteiger partial charge in [-0.25, -0.2) is 0 Å². The molecule has 0 spiro atoms. The Morgan fingerprint density at radius 1 is 0.971 bits per heavy atom. The molecule has 1 aliphatic rings. The van der Waals surface area contributed by atoms with Gasteiger partial charge in [-0.1, -0.05) is 55.2 Å². The molecule has 4 rings (SSSR count). The van der Waals surface area contributed by atoms with E-state index in [-0.39, 0.29) is 30.1 Å². The maximum absolute atomic E-state index is 13.8. The van der Waals surface area contributed by atoms with Crippen molar-refractivity contribution in [1.29, 1.82) is 0 Å². The van der Waals surface area contributed by atoms with Gasteiger partial charge in [-0.15, -0.1) is 11.3 Å². The Bertz CT molecular complexity index is 1150. The quantitative estimate of drug-likeness (QED) is 0.394. The molecule has 3 aromatic rings. The molecule has 2 amide bonds. The van der Waals surface area contributed by atoms with Crippen LogP contribution in [0.15, 0.2) is 66.0 Å². The molecule has 0 aliphatic heterocycles. The summed E-state index contributed by atoms with van der Waals surface area (Å²) in [5.41, 5.74) is 3.01. The maximum atomic E-state index is 13.8. The summed E-state index contributed by atoms with van der Waals surface area (Å²) in [7, 11) is 0. The second kappa shape index (κ2) is 11.5. The van der Waals surface area contributed by atoms with Crippen molar-refractivity contribution in [1.82, 2.24) is 5.32 Å². The Morgan fingerprint density at radius 3 is 2.26 bits per heavy atom. The molecular formula is C29H32N2O3S. The Morgan fingerprint density at radius 2 is 1.66 bits per heavy atom. The highest BCUT2D eigenvalue weighted by molar-refractivity contribution is 7.10. The van der Waals surface area contributed by atoms with Crippen molar-refractivity contribution in [2.75, 3.05) is 4.90 Å². The van der Waals surface area contributed by atoms with Gasteiger partial charge in [0.15, 0.2) is 5.78 Å². The summed E-state index contributed by atoms with van der Waals surface area (Å²) in [5.74, 6) is -0.374. The molecule has 0 bridgehead atoms. The molecule has 1 aliphatic carbocycles.